The fraction of sp³-hybridized carbons (Fsp3) is 0.316. The minimum Gasteiger partial charge on any atom is -0.471 e. The first-order valence-corrected chi connectivity index (χ1v) is 7.64. The van der Waals surface area contributed by atoms with Gasteiger partial charge in [0.25, 0.3) is 6.47 Å². The van der Waals surface area contributed by atoms with E-state index in [0.717, 1.165) is 5.56 Å². The minimum atomic E-state index is -0.317. The molecule has 0 bridgehead atoms. The van der Waals surface area contributed by atoms with Gasteiger partial charge in [-0.05, 0) is 61.1 Å². The molecule has 0 heterocycles. The van der Waals surface area contributed by atoms with Crippen molar-refractivity contribution in [3.05, 3.63) is 59.4 Å². The second-order valence-electron chi connectivity index (χ2n) is 5.56. The van der Waals surface area contributed by atoms with Crippen LogP contribution in [0.15, 0.2) is 42.5 Å². The summed E-state index contributed by atoms with van der Waals surface area (Å²) in [5, 5.41) is 0. The molecule has 1 aliphatic carbocycles. The highest BCUT2D eigenvalue weighted by molar-refractivity contribution is 5.36. The molecule has 0 radical (unpaired) electrons. The third-order valence-corrected chi connectivity index (χ3v) is 3.87. The van der Waals surface area contributed by atoms with Crippen molar-refractivity contribution >= 4 is 6.47 Å². The second kappa shape index (κ2) is 8.32. The van der Waals surface area contributed by atoms with E-state index in [1.165, 1.54) is 38.0 Å². The maximum atomic E-state index is 13.7. The topological polar surface area (TPSA) is 35.5 Å². The summed E-state index contributed by atoms with van der Waals surface area (Å²) >= 11 is 0. The number of ether oxygens (including phenoxy) is 2. The molecule has 3 rings (SSSR count). The summed E-state index contributed by atoms with van der Waals surface area (Å²) in [6.45, 7) is 2.24. The first kappa shape index (κ1) is 17.0. The van der Waals surface area contributed by atoms with E-state index in [1.807, 2.05) is 25.1 Å². The van der Waals surface area contributed by atoms with E-state index >= 15 is 0 Å². The van der Waals surface area contributed by atoms with Crippen molar-refractivity contribution in [2.24, 2.45) is 0 Å². The molecular weight excluding hydrogens is 295 g/mol. The molecule has 3 nitrogen and oxygen atoms in total. The van der Waals surface area contributed by atoms with E-state index in [0.29, 0.717) is 18.1 Å². The summed E-state index contributed by atoms with van der Waals surface area (Å²) in [7, 11) is 1.31. The number of carbonyl (C=O) groups is 1. The molecule has 1 fully saturated rings. The summed E-state index contributed by atoms with van der Waals surface area (Å²) in [6, 6.07) is 13.0. The molecule has 0 unspecified atom stereocenters. The highest BCUT2D eigenvalue weighted by Crippen LogP contribution is 2.37. The molecular formula is C19H21FO3. The Bertz CT molecular complexity index is 634. The molecule has 0 spiro atoms. The molecule has 0 aromatic heterocycles. The lowest BCUT2D eigenvalue weighted by Crippen LogP contribution is -2.08. The molecule has 0 N–H and O–H groups in total. The highest BCUT2D eigenvalue weighted by atomic mass is 19.1. The average Bonchev–Trinajstić information content (AvgIpc) is 2.50. The van der Waals surface area contributed by atoms with Crippen LogP contribution in [0.3, 0.4) is 0 Å². The average molecular weight is 316 g/mol. The van der Waals surface area contributed by atoms with E-state index in [1.54, 1.807) is 6.07 Å². The van der Waals surface area contributed by atoms with Crippen LogP contribution in [0.1, 0.15) is 36.3 Å². The van der Waals surface area contributed by atoms with Crippen molar-refractivity contribution in [3.8, 4) is 11.5 Å². The zero-order valence-electron chi connectivity index (χ0n) is 13.4. The zero-order valence-corrected chi connectivity index (χ0v) is 13.4. The van der Waals surface area contributed by atoms with E-state index < -0.39 is 0 Å². The van der Waals surface area contributed by atoms with Crippen LogP contribution in [0, 0.1) is 12.7 Å². The van der Waals surface area contributed by atoms with Gasteiger partial charge in [-0.3, -0.25) is 4.79 Å². The van der Waals surface area contributed by atoms with Gasteiger partial charge in [-0.2, -0.15) is 0 Å². The van der Waals surface area contributed by atoms with Crippen molar-refractivity contribution in [1.29, 1.82) is 0 Å². The lowest BCUT2D eigenvalue weighted by atomic mass is 9.80. The van der Waals surface area contributed by atoms with Gasteiger partial charge in [0.05, 0.1) is 7.11 Å². The number of rotatable bonds is 4. The molecule has 0 amide bonds. The molecule has 2 aromatic rings. The van der Waals surface area contributed by atoms with E-state index in [9.17, 15) is 4.39 Å². The Labute approximate surface area is 136 Å². The monoisotopic (exact) mass is 316 g/mol. The lowest BCUT2D eigenvalue weighted by molar-refractivity contribution is -0.126. The predicted molar refractivity (Wildman–Crippen MR) is 87.3 cm³/mol. The molecule has 23 heavy (non-hydrogen) atoms. The van der Waals surface area contributed by atoms with Crippen LogP contribution >= 0.6 is 0 Å². The number of aryl methyl sites for hydroxylation is 1. The third-order valence-electron chi connectivity index (χ3n) is 3.87. The number of hydrogen-bond acceptors (Lipinski definition) is 3. The fourth-order valence-corrected chi connectivity index (χ4v) is 2.37. The first-order chi connectivity index (χ1) is 11.1. The molecule has 0 saturated heterocycles. The third kappa shape index (κ3) is 4.81. The van der Waals surface area contributed by atoms with Gasteiger partial charge in [0.15, 0.2) is 11.6 Å². The molecule has 122 valence electrons. The summed E-state index contributed by atoms with van der Waals surface area (Å²) in [6.07, 6.45) is 3.90. The van der Waals surface area contributed by atoms with Crippen LogP contribution in [0.5, 0.6) is 11.5 Å². The highest BCUT2D eigenvalue weighted by Gasteiger charge is 2.19. The Balaban J connectivity index is 0.000000433. The SMILES string of the molecule is COC=O.Cc1ccc(Oc2ccc(C3CCC3)cc2)c(F)c1. The standard InChI is InChI=1S/C17H17FO.C2H4O2/c1-12-5-10-17(16(18)11-12)19-15-8-6-14(7-9-15)13-3-2-4-13;1-4-2-3/h5-11,13H,2-4H2,1H3;2H,1H3. The van der Waals surface area contributed by atoms with E-state index in [4.69, 9.17) is 9.53 Å². The molecule has 1 saturated carbocycles. The summed E-state index contributed by atoms with van der Waals surface area (Å²) in [5.74, 6) is 1.36. The van der Waals surface area contributed by atoms with Crippen LogP contribution in [0.2, 0.25) is 0 Å². The van der Waals surface area contributed by atoms with Crippen molar-refractivity contribution in [1.82, 2.24) is 0 Å². The van der Waals surface area contributed by atoms with Gasteiger partial charge < -0.3 is 9.47 Å². The quantitative estimate of drug-likeness (QED) is 0.746. The van der Waals surface area contributed by atoms with Gasteiger partial charge in [0, 0.05) is 0 Å². The van der Waals surface area contributed by atoms with Gasteiger partial charge in [0.2, 0.25) is 0 Å². The number of hydrogen-bond donors (Lipinski definition) is 0. The molecule has 4 heteroatoms. The molecule has 2 aromatic carbocycles. The van der Waals surface area contributed by atoms with Crippen LogP contribution in [0.25, 0.3) is 0 Å². The number of methoxy groups -OCH3 is 1. The Morgan fingerprint density at radius 3 is 2.26 bits per heavy atom. The van der Waals surface area contributed by atoms with Crippen molar-refractivity contribution in [3.63, 3.8) is 0 Å². The lowest BCUT2D eigenvalue weighted by Gasteiger charge is -2.25. The van der Waals surface area contributed by atoms with E-state index in [-0.39, 0.29) is 11.6 Å². The maximum absolute atomic E-state index is 13.7. The maximum Gasteiger partial charge on any atom is 0.292 e. The zero-order chi connectivity index (χ0) is 16.7. The number of benzene rings is 2. The van der Waals surface area contributed by atoms with Gasteiger partial charge in [-0.1, -0.05) is 24.6 Å². The van der Waals surface area contributed by atoms with Gasteiger partial charge >= 0.3 is 0 Å². The number of halogens is 1. The summed E-state index contributed by atoms with van der Waals surface area (Å²) in [5.41, 5.74) is 2.26. The van der Waals surface area contributed by atoms with Gasteiger partial charge in [-0.15, -0.1) is 0 Å². The predicted octanol–water partition coefficient (Wildman–Crippen LogP) is 4.98. The van der Waals surface area contributed by atoms with Crippen LogP contribution < -0.4 is 4.74 Å². The van der Waals surface area contributed by atoms with Crippen molar-refractivity contribution in [2.75, 3.05) is 7.11 Å². The molecule has 1 aliphatic rings. The smallest absolute Gasteiger partial charge is 0.292 e. The van der Waals surface area contributed by atoms with Crippen LogP contribution in [0.4, 0.5) is 4.39 Å². The molecule has 0 aliphatic heterocycles. The Kier molecular flexibility index (Phi) is 6.15. The summed E-state index contributed by atoms with van der Waals surface area (Å²) < 4.78 is 23.1. The van der Waals surface area contributed by atoms with Gasteiger partial charge in [-0.25, -0.2) is 4.39 Å². The minimum absolute atomic E-state index is 0.280. The second-order valence-corrected chi connectivity index (χ2v) is 5.56. The summed E-state index contributed by atoms with van der Waals surface area (Å²) in [4.78, 5) is 8.95. The fourth-order valence-electron chi connectivity index (χ4n) is 2.37. The van der Waals surface area contributed by atoms with Gasteiger partial charge in [0.1, 0.15) is 5.75 Å². The Morgan fingerprint density at radius 1 is 1.13 bits per heavy atom. The molecule has 0 atom stereocenters. The number of carbonyl (C=O) groups excluding carboxylic acids is 1. The van der Waals surface area contributed by atoms with Crippen molar-refractivity contribution in [2.45, 2.75) is 32.1 Å². The van der Waals surface area contributed by atoms with E-state index in [2.05, 4.69) is 16.9 Å². The Hall–Kier alpha value is -2.36. The normalized spacial score (nSPS) is 13.3. The van der Waals surface area contributed by atoms with Crippen LogP contribution in [-0.2, 0) is 9.53 Å². The Morgan fingerprint density at radius 2 is 1.78 bits per heavy atom. The van der Waals surface area contributed by atoms with Crippen LogP contribution in [-0.4, -0.2) is 13.6 Å². The van der Waals surface area contributed by atoms with Crippen molar-refractivity contribution < 1.29 is 18.7 Å². The largest absolute Gasteiger partial charge is 0.471 e. The first-order valence-electron chi connectivity index (χ1n) is 7.64.